The third-order valence-electron chi connectivity index (χ3n) is 3.58. The average Bonchev–Trinajstić information content (AvgIpc) is 2.40. The molecule has 3 rings (SSSR count). The lowest BCUT2D eigenvalue weighted by Crippen LogP contribution is -2.32. The highest BCUT2D eigenvalue weighted by Gasteiger charge is 2.17. The molecule has 90 valence electrons. The van der Waals surface area contributed by atoms with Crippen LogP contribution in [-0.4, -0.2) is 24.5 Å². The number of rotatable bonds is 2. The number of fused-ring (bicyclic) bond motifs is 1. The topological polar surface area (TPSA) is 12.5 Å². The van der Waals surface area contributed by atoms with Crippen LogP contribution in [0.3, 0.4) is 0 Å². The zero-order valence-electron chi connectivity index (χ0n) is 10.2. The highest BCUT2D eigenvalue weighted by molar-refractivity contribution is 5.41. The zero-order valence-corrected chi connectivity index (χ0v) is 10.2. The first kappa shape index (κ1) is 10.8. The standard InChI is InChI=1S/C15H19NO/c1-4-10-16(11-5-1)12-14-9-8-13-6-2-3-7-15(13)17-14/h2-3,7-9H,1,4-6,10-12H2. The van der Waals surface area contributed by atoms with Gasteiger partial charge < -0.3 is 4.74 Å². The van der Waals surface area contributed by atoms with E-state index in [1.807, 2.05) is 0 Å². The molecule has 0 radical (unpaired) electrons. The van der Waals surface area contributed by atoms with Crippen molar-refractivity contribution in [2.24, 2.45) is 0 Å². The molecule has 0 aromatic heterocycles. The molecule has 2 aliphatic heterocycles. The lowest BCUT2D eigenvalue weighted by Gasteiger charge is -2.29. The maximum absolute atomic E-state index is 5.95. The van der Waals surface area contributed by atoms with Crippen LogP contribution in [0, 0.1) is 0 Å². The Hall–Kier alpha value is -1.28. The van der Waals surface area contributed by atoms with E-state index in [-0.39, 0.29) is 0 Å². The summed E-state index contributed by atoms with van der Waals surface area (Å²) in [6, 6.07) is 0. The fourth-order valence-electron chi connectivity index (χ4n) is 2.60. The van der Waals surface area contributed by atoms with E-state index in [0.717, 1.165) is 24.5 Å². The monoisotopic (exact) mass is 229 g/mol. The van der Waals surface area contributed by atoms with Gasteiger partial charge in [0.15, 0.2) is 0 Å². The summed E-state index contributed by atoms with van der Waals surface area (Å²) in [6.07, 6.45) is 15.7. The van der Waals surface area contributed by atoms with Gasteiger partial charge in [0.05, 0.1) is 6.54 Å². The Labute approximate surface area is 103 Å². The molecule has 1 fully saturated rings. The molecule has 0 unspecified atom stereocenters. The van der Waals surface area contributed by atoms with Crippen LogP contribution in [0.2, 0.25) is 0 Å². The second kappa shape index (κ2) is 4.92. The van der Waals surface area contributed by atoms with E-state index in [1.165, 1.54) is 37.9 Å². The lowest BCUT2D eigenvalue weighted by atomic mass is 10.0. The maximum Gasteiger partial charge on any atom is 0.130 e. The summed E-state index contributed by atoms with van der Waals surface area (Å²) < 4.78 is 5.95. The highest BCUT2D eigenvalue weighted by Crippen LogP contribution is 2.27. The van der Waals surface area contributed by atoms with Crippen molar-refractivity contribution in [3.8, 4) is 0 Å². The van der Waals surface area contributed by atoms with E-state index in [0.29, 0.717) is 0 Å². The predicted octanol–water partition coefficient (Wildman–Crippen LogP) is 3.16. The second-order valence-electron chi connectivity index (χ2n) is 4.93. The van der Waals surface area contributed by atoms with E-state index in [4.69, 9.17) is 4.74 Å². The van der Waals surface area contributed by atoms with Crippen LogP contribution in [0.1, 0.15) is 25.7 Å². The molecule has 0 saturated carbocycles. The van der Waals surface area contributed by atoms with Crippen molar-refractivity contribution in [2.75, 3.05) is 19.6 Å². The molecule has 0 aromatic rings. The molecule has 3 aliphatic rings. The molecule has 2 nitrogen and oxygen atoms in total. The first-order valence-corrected chi connectivity index (χ1v) is 6.59. The number of allylic oxidation sites excluding steroid dienone is 6. The van der Waals surface area contributed by atoms with Crippen LogP contribution < -0.4 is 0 Å². The van der Waals surface area contributed by atoms with E-state index in [9.17, 15) is 0 Å². The minimum Gasteiger partial charge on any atom is -0.460 e. The maximum atomic E-state index is 5.95. The summed E-state index contributed by atoms with van der Waals surface area (Å²) in [5.74, 6) is 2.14. The van der Waals surface area contributed by atoms with Gasteiger partial charge in [0.1, 0.15) is 11.5 Å². The predicted molar refractivity (Wildman–Crippen MR) is 69.4 cm³/mol. The number of ether oxygens (including phenoxy) is 1. The van der Waals surface area contributed by atoms with E-state index in [2.05, 4.69) is 35.3 Å². The molecule has 0 atom stereocenters. The molecular formula is C15H19NO. The summed E-state index contributed by atoms with van der Waals surface area (Å²) in [5.41, 5.74) is 1.30. The Morgan fingerprint density at radius 2 is 1.94 bits per heavy atom. The molecular weight excluding hydrogens is 210 g/mol. The van der Waals surface area contributed by atoms with Gasteiger partial charge in [-0.15, -0.1) is 0 Å². The Morgan fingerprint density at radius 1 is 1.06 bits per heavy atom. The average molecular weight is 229 g/mol. The van der Waals surface area contributed by atoms with Crippen molar-refractivity contribution in [3.63, 3.8) is 0 Å². The zero-order chi connectivity index (χ0) is 11.5. The largest absolute Gasteiger partial charge is 0.460 e. The molecule has 1 saturated heterocycles. The molecule has 0 N–H and O–H groups in total. The van der Waals surface area contributed by atoms with Crippen molar-refractivity contribution in [2.45, 2.75) is 25.7 Å². The summed E-state index contributed by atoms with van der Waals surface area (Å²) in [5, 5.41) is 0. The van der Waals surface area contributed by atoms with E-state index < -0.39 is 0 Å². The number of piperidine rings is 1. The Kier molecular flexibility index (Phi) is 3.14. The molecule has 0 aromatic carbocycles. The van der Waals surface area contributed by atoms with Crippen molar-refractivity contribution < 1.29 is 4.74 Å². The highest BCUT2D eigenvalue weighted by atomic mass is 16.5. The van der Waals surface area contributed by atoms with Crippen LogP contribution in [0.25, 0.3) is 0 Å². The lowest BCUT2D eigenvalue weighted by molar-refractivity contribution is 0.196. The number of likely N-dealkylation sites (tertiary alicyclic amines) is 1. The van der Waals surface area contributed by atoms with Crippen LogP contribution in [-0.2, 0) is 4.74 Å². The third-order valence-corrected chi connectivity index (χ3v) is 3.58. The first-order chi connectivity index (χ1) is 8.42. The Morgan fingerprint density at radius 3 is 2.82 bits per heavy atom. The van der Waals surface area contributed by atoms with Gasteiger partial charge in [0, 0.05) is 0 Å². The SMILES string of the molecule is C1=CCC2=CC=C(CN3CCCCC3)OC2=C1. The van der Waals surface area contributed by atoms with Crippen LogP contribution in [0.15, 0.2) is 47.5 Å². The summed E-state index contributed by atoms with van der Waals surface area (Å²) >= 11 is 0. The fraction of sp³-hybridized carbons (Fsp3) is 0.467. The number of hydrogen-bond donors (Lipinski definition) is 0. The normalized spacial score (nSPS) is 24.4. The van der Waals surface area contributed by atoms with Gasteiger partial charge in [-0.25, -0.2) is 0 Å². The van der Waals surface area contributed by atoms with Gasteiger partial charge in [0.2, 0.25) is 0 Å². The minimum absolute atomic E-state index is 0.963. The van der Waals surface area contributed by atoms with Crippen LogP contribution >= 0.6 is 0 Å². The summed E-state index contributed by atoms with van der Waals surface area (Å²) in [6.45, 7) is 3.40. The second-order valence-corrected chi connectivity index (χ2v) is 4.93. The van der Waals surface area contributed by atoms with Gasteiger partial charge in [-0.2, -0.15) is 0 Å². The molecule has 1 aliphatic carbocycles. The van der Waals surface area contributed by atoms with Crippen LogP contribution in [0.4, 0.5) is 0 Å². The van der Waals surface area contributed by atoms with Crippen molar-refractivity contribution in [1.29, 1.82) is 0 Å². The van der Waals surface area contributed by atoms with E-state index in [1.54, 1.807) is 0 Å². The molecule has 2 heteroatoms. The van der Waals surface area contributed by atoms with Gasteiger partial charge in [-0.3, -0.25) is 4.90 Å². The van der Waals surface area contributed by atoms with Crippen molar-refractivity contribution in [1.82, 2.24) is 4.90 Å². The quantitative estimate of drug-likeness (QED) is 0.721. The molecule has 2 heterocycles. The Bertz CT molecular complexity index is 409. The van der Waals surface area contributed by atoms with Crippen molar-refractivity contribution in [3.05, 3.63) is 47.5 Å². The summed E-state index contributed by atoms with van der Waals surface area (Å²) in [7, 11) is 0. The van der Waals surface area contributed by atoms with Crippen LogP contribution in [0.5, 0.6) is 0 Å². The minimum atomic E-state index is 0.963. The van der Waals surface area contributed by atoms with Gasteiger partial charge in [-0.1, -0.05) is 24.6 Å². The van der Waals surface area contributed by atoms with Crippen molar-refractivity contribution >= 4 is 0 Å². The first-order valence-electron chi connectivity index (χ1n) is 6.59. The van der Waals surface area contributed by atoms with Gasteiger partial charge in [-0.05, 0) is 50.1 Å². The molecule has 0 spiro atoms. The third kappa shape index (κ3) is 2.52. The van der Waals surface area contributed by atoms with Gasteiger partial charge in [0.25, 0.3) is 0 Å². The number of nitrogens with zero attached hydrogens (tertiary/aromatic N) is 1. The fourth-order valence-corrected chi connectivity index (χ4v) is 2.60. The molecule has 0 amide bonds. The van der Waals surface area contributed by atoms with Gasteiger partial charge >= 0.3 is 0 Å². The molecule has 0 bridgehead atoms. The Balaban J connectivity index is 1.65. The number of hydrogen-bond acceptors (Lipinski definition) is 2. The van der Waals surface area contributed by atoms with E-state index >= 15 is 0 Å². The summed E-state index contributed by atoms with van der Waals surface area (Å²) in [4.78, 5) is 2.49. The molecule has 17 heavy (non-hydrogen) atoms. The smallest absolute Gasteiger partial charge is 0.130 e.